The summed E-state index contributed by atoms with van der Waals surface area (Å²) in [4.78, 5) is 16.6. The van der Waals surface area contributed by atoms with Gasteiger partial charge in [0, 0.05) is 17.2 Å². The molecular weight excluding hydrogens is 248 g/mol. The highest BCUT2D eigenvalue weighted by molar-refractivity contribution is 7.11. The minimum absolute atomic E-state index is 0.341. The van der Waals surface area contributed by atoms with E-state index >= 15 is 0 Å². The number of carboxylic acids is 1. The van der Waals surface area contributed by atoms with Crippen LogP contribution >= 0.6 is 11.3 Å². The third-order valence-corrected chi connectivity index (χ3v) is 4.59. The molecular formula is C13H20N2O2S. The summed E-state index contributed by atoms with van der Waals surface area (Å²) in [6.45, 7) is 2.08. The van der Waals surface area contributed by atoms with Crippen LogP contribution in [-0.2, 0) is 11.2 Å². The third-order valence-electron chi connectivity index (χ3n) is 3.58. The van der Waals surface area contributed by atoms with E-state index < -0.39 is 12.0 Å². The molecule has 100 valence electrons. The van der Waals surface area contributed by atoms with Gasteiger partial charge in [0.1, 0.15) is 6.04 Å². The van der Waals surface area contributed by atoms with Gasteiger partial charge in [-0.15, -0.1) is 11.3 Å². The second-order valence-corrected chi connectivity index (χ2v) is 6.32. The Balaban J connectivity index is 2.08. The summed E-state index contributed by atoms with van der Waals surface area (Å²) < 4.78 is 0. The number of aromatic nitrogens is 1. The number of nitrogens with zero attached hydrogens (tertiary/aromatic N) is 1. The number of hydrogen-bond acceptors (Lipinski definition) is 4. The van der Waals surface area contributed by atoms with E-state index in [1.165, 1.54) is 42.7 Å². The molecule has 2 rings (SSSR count). The summed E-state index contributed by atoms with van der Waals surface area (Å²) in [7, 11) is 0. The van der Waals surface area contributed by atoms with Gasteiger partial charge in [0.15, 0.2) is 0 Å². The molecule has 0 amide bonds. The zero-order valence-electron chi connectivity index (χ0n) is 10.7. The lowest BCUT2D eigenvalue weighted by Crippen LogP contribution is -2.32. The van der Waals surface area contributed by atoms with Crippen LogP contribution in [0, 0.1) is 6.92 Å². The van der Waals surface area contributed by atoms with Crippen LogP contribution in [0.5, 0.6) is 0 Å². The van der Waals surface area contributed by atoms with Crippen molar-refractivity contribution >= 4 is 17.3 Å². The molecule has 0 bridgehead atoms. The van der Waals surface area contributed by atoms with Gasteiger partial charge >= 0.3 is 5.97 Å². The Morgan fingerprint density at radius 3 is 2.78 bits per heavy atom. The Bertz CT molecular complexity index is 425. The highest BCUT2D eigenvalue weighted by Gasteiger charge is 2.22. The lowest BCUT2D eigenvalue weighted by Gasteiger charge is -2.20. The SMILES string of the molecule is Cc1sc(CC(N)C(=O)O)nc1C1CCCCC1. The number of aryl methyl sites for hydroxylation is 1. The molecule has 3 N–H and O–H groups in total. The van der Waals surface area contributed by atoms with E-state index in [1.807, 2.05) is 0 Å². The summed E-state index contributed by atoms with van der Waals surface area (Å²) >= 11 is 1.60. The van der Waals surface area contributed by atoms with Gasteiger partial charge < -0.3 is 10.8 Å². The van der Waals surface area contributed by atoms with Crippen LogP contribution in [0.25, 0.3) is 0 Å². The van der Waals surface area contributed by atoms with Crippen molar-refractivity contribution in [2.45, 2.75) is 57.4 Å². The van der Waals surface area contributed by atoms with Crippen molar-refractivity contribution in [3.05, 3.63) is 15.6 Å². The summed E-state index contributed by atoms with van der Waals surface area (Å²) in [5, 5.41) is 9.68. The molecule has 1 aromatic rings. The molecule has 1 atom stereocenters. The number of carbonyl (C=O) groups is 1. The fraction of sp³-hybridized carbons (Fsp3) is 0.692. The monoisotopic (exact) mass is 268 g/mol. The molecule has 0 aromatic carbocycles. The van der Waals surface area contributed by atoms with E-state index in [0.717, 1.165) is 5.01 Å². The smallest absolute Gasteiger partial charge is 0.320 e. The van der Waals surface area contributed by atoms with Gasteiger partial charge in [-0.05, 0) is 19.8 Å². The fourth-order valence-corrected chi connectivity index (χ4v) is 3.66. The first-order chi connectivity index (χ1) is 8.58. The Morgan fingerprint density at radius 2 is 2.17 bits per heavy atom. The van der Waals surface area contributed by atoms with E-state index in [1.54, 1.807) is 11.3 Å². The number of carboxylic acid groups (broad SMARTS) is 1. The molecule has 18 heavy (non-hydrogen) atoms. The zero-order chi connectivity index (χ0) is 13.1. The number of rotatable bonds is 4. The molecule has 4 nitrogen and oxygen atoms in total. The first kappa shape index (κ1) is 13.5. The van der Waals surface area contributed by atoms with Crippen molar-refractivity contribution in [3.8, 4) is 0 Å². The van der Waals surface area contributed by atoms with Crippen molar-refractivity contribution in [1.82, 2.24) is 4.98 Å². The Labute approximate surface area is 111 Å². The van der Waals surface area contributed by atoms with Gasteiger partial charge in [-0.3, -0.25) is 4.79 Å². The van der Waals surface area contributed by atoms with Gasteiger partial charge in [0.25, 0.3) is 0 Å². The van der Waals surface area contributed by atoms with E-state index in [0.29, 0.717) is 12.3 Å². The van der Waals surface area contributed by atoms with Crippen LogP contribution < -0.4 is 5.73 Å². The Kier molecular flexibility index (Phi) is 4.35. The average molecular weight is 268 g/mol. The molecule has 1 aliphatic rings. The second-order valence-electron chi connectivity index (χ2n) is 5.03. The maximum Gasteiger partial charge on any atom is 0.320 e. The highest BCUT2D eigenvalue weighted by atomic mass is 32.1. The predicted octanol–water partition coefficient (Wildman–Crippen LogP) is 2.45. The average Bonchev–Trinajstić information content (AvgIpc) is 2.71. The predicted molar refractivity (Wildman–Crippen MR) is 72.0 cm³/mol. The molecule has 0 saturated heterocycles. The normalized spacial score (nSPS) is 18.8. The van der Waals surface area contributed by atoms with Gasteiger partial charge in [-0.1, -0.05) is 19.3 Å². The first-order valence-electron chi connectivity index (χ1n) is 6.52. The van der Waals surface area contributed by atoms with Gasteiger partial charge in [-0.25, -0.2) is 4.98 Å². The minimum Gasteiger partial charge on any atom is -0.480 e. The number of aliphatic carboxylic acids is 1. The quantitative estimate of drug-likeness (QED) is 0.879. The van der Waals surface area contributed by atoms with E-state index in [9.17, 15) is 4.79 Å². The highest BCUT2D eigenvalue weighted by Crippen LogP contribution is 2.35. The largest absolute Gasteiger partial charge is 0.480 e. The number of hydrogen-bond donors (Lipinski definition) is 2. The molecule has 1 fully saturated rings. The Hall–Kier alpha value is -0.940. The molecule has 1 saturated carbocycles. The topological polar surface area (TPSA) is 76.2 Å². The van der Waals surface area contributed by atoms with Crippen molar-refractivity contribution in [2.24, 2.45) is 5.73 Å². The van der Waals surface area contributed by atoms with Gasteiger partial charge in [0.05, 0.1) is 10.7 Å². The summed E-state index contributed by atoms with van der Waals surface area (Å²) in [5.74, 6) is -0.383. The fourth-order valence-electron chi connectivity index (χ4n) is 2.58. The summed E-state index contributed by atoms with van der Waals surface area (Å²) in [5.41, 5.74) is 6.74. The van der Waals surface area contributed by atoms with Crippen LogP contribution in [0.2, 0.25) is 0 Å². The summed E-state index contributed by atoms with van der Waals surface area (Å²) in [6.07, 6.45) is 6.67. The molecule has 0 aliphatic heterocycles. The van der Waals surface area contributed by atoms with E-state index in [2.05, 4.69) is 11.9 Å². The lowest BCUT2D eigenvalue weighted by molar-refractivity contribution is -0.138. The third kappa shape index (κ3) is 3.09. The second kappa shape index (κ2) is 5.80. The first-order valence-corrected chi connectivity index (χ1v) is 7.34. The van der Waals surface area contributed by atoms with Crippen LogP contribution in [0.3, 0.4) is 0 Å². The maximum atomic E-state index is 10.7. The van der Waals surface area contributed by atoms with Crippen molar-refractivity contribution in [1.29, 1.82) is 0 Å². The number of nitrogens with two attached hydrogens (primary N) is 1. The number of thiazole rings is 1. The molecule has 1 aromatic heterocycles. The van der Waals surface area contributed by atoms with Gasteiger partial charge in [0.2, 0.25) is 0 Å². The molecule has 0 radical (unpaired) electrons. The van der Waals surface area contributed by atoms with E-state index in [4.69, 9.17) is 10.8 Å². The van der Waals surface area contributed by atoms with Crippen molar-refractivity contribution < 1.29 is 9.90 Å². The minimum atomic E-state index is -0.956. The van der Waals surface area contributed by atoms with Crippen molar-refractivity contribution in [2.75, 3.05) is 0 Å². The molecule has 1 aliphatic carbocycles. The summed E-state index contributed by atoms with van der Waals surface area (Å²) in [6, 6.07) is -0.838. The molecule has 5 heteroatoms. The molecule has 1 heterocycles. The van der Waals surface area contributed by atoms with Crippen LogP contribution in [0.1, 0.15) is 53.6 Å². The molecule has 0 spiro atoms. The van der Waals surface area contributed by atoms with Crippen LogP contribution in [-0.4, -0.2) is 22.1 Å². The maximum absolute atomic E-state index is 10.7. The zero-order valence-corrected chi connectivity index (χ0v) is 11.5. The van der Waals surface area contributed by atoms with Gasteiger partial charge in [-0.2, -0.15) is 0 Å². The van der Waals surface area contributed by atoms with Crippen LogP contribution in [0.4, 0.5) is 0 Å². The van der Waals surface area contributed by atoms with E-state index in [-0.39, 0.29) is 0 Å². The molecule has 1 unspecified atom stereocenters. The standard InChI is InChI=1S/C13H20N2O2S/c1-8-12(9-5-3-2-4-6-9)15-11(18-8)7-10(14)13(16)17/h9-10H,2-7,14H2,1H3,(H,16,17). The van der Waals surface area contributed by atoms with Crippen molar-refractivity contribution in [3.63, 3.8) is 0 Å². The lowest BCUT2D eigenvalue weighted by atomic mass is 9.86. The Morgan fingerprint density at radius 1 is 1.50 bits per heavy atom. The van der Waals surface area contributed by atoms with Crippen LogP contribution in [0.15, 0.2) is 0 Å².